The number of rotatable bonds is 5. The van der Waals surface area contributed by atoms with Gasteiger partial charge < -0.3 is 20.9 Å². The van der Waals surface area contributed by atoms with Crippen molar-refractivity contribution in [2.75, 3.05) is 19.6 Å². The van der Waals surface area contributed by atoms with Crippen LogP contribution in [0.4, 0.5) is 4.79 Å². The molecule has 10 heteroatoms. The molecule has 1 aliphatic carbocycles. The third-order valence-corrected chi connectivity index (χ3v) is 6.29. The first-order chi connectivity index (χ1) is 15.5. The van der Waals surface area contributed by atoms with Crippen LogP contribution in [0.25, 0.3) is 0 Å². The lowest BCUT2D eigenvalue weighted by Gasteiger charge is -2.39. The normalized spacial score (nSPS) is 22.6. The summed E-state index contributed by atoms with van der Waals surface area (Å²) >= 11 is 0. The fourth-order valence-electron chi connectivity index (χ4n) is 4.39. The largest absolute Gasteiger partial charge is 0.352 e. The molecule has 2 unspecified atom stereocenters. The zero-order valence-electron chi connectivity index (χ0n) is 17.7. The topological polar surface area (TPSA) is 128 Å². The fourth-order valence-corrected chi connectivity index (χ4v) is 4.39. The van der Waals surface area contributed by atoms with E-state index in [9.17, 15) is 24.0 Å². The number of nitrogens with one attached hydrogen (secondary N) is 3. The number of hydrogen-bond acceptors (Lipinski definition) is 5. The molecule has 6 amide bonds. The molecule has 1 aromatic rings. The number of piperazine rings is 1. The summed E-state index contributed by atoms with van der Waals surface area (Å²) < 4.78 is 0. The van der Waals surface area contributed by atoms with E-state index >= 15 is 0 Å². The Labute approximate surface area is 185 Å². The van der Waals surface area contributed by atoms with Gasteiger partial charge in [0, 0.05) is 25.7 Å². The summed E-state index contributed by atoms with van der Waals surface area (Å²) in [5, 5.41) is 7.71. The zero-order valence-corrected chi connectivity index (χ0v) is 17.7. The summed E-state index contributed by atoms with van der Waals surface area (Å²) in [6, 6.07) is 6.00. The van der Waals surface area contributed by atoms with E-state index in [0.29, 0.717) is 12.1 Å². The Morgan fingerprint density at radius 3 is 2.31 bits per heavy atom. The lowest BCUT2D eigenvalue weighted by molar-refractivity contribution is -0.156. The number of hydrogen-bond donors (Lipinski definition) is 3. The molecule has 0 radical (unpaired) electrons. The number of imide groups is 1. The maximum atomic E-state index is 12.9. The van der Waals surface area contributed by atoms with Gasteiger partial charge in [-0.15, -0.1) is 0 Å². The molecule has 2 saturated heterocycles. The molecule has 1 saturated carbocycles. The summed E-state index contributed by atoms with van der Waals surface area (Å²) in [5.74, 6) is -2.42. The second kappa shape index (κ2) is 9.37. The second-order valence-electron chi connectivity index (χ2n) is 8.35. The molecule has 10 nitrogen and oxygen atoms in total. The highest BCUT2D eigenvalue weighted by atomic mass is 16.2. The first-order valence-corrected chi connectivity index (χ1v) is 11.0. The predicted molar refractivity (Wildman–Crippen MR) is 113 cm³/mol. The molecule has 170 valence electrons. The Hall–Kier alpha value is -3.43. The average Bonchev–Trinajstić information content (AvgIpc) is 2.82. The number of carbonyl (C=O) groups is 5. The van der Waals surface area contributed by atoms with Crippen LogP contribution in [-0.4, -0.2) is 71.2 Å². The molecule has 0 aromatic heterocycles. The van der Waals surface area contributed by atoms with E-state index < -0.39 is 35.8 Å². The molecule has 3 aliphatic rings. The number of β-lactam (4-membered cyclic amide) rings is 1. The number of amides is 6. The van der Waals surface area contributed by atoms with Gasteiger partial charge >= 0.3 is 17.8 Å². The number of benzene rings is 1. The molecule has 2 atom stereocenters. The Morgan fingerprint density at radius 2 is 1.69 bits per heavy atom. The molecular weight excluding hydrogens is 414 g/mol. The minimum Gasteiger partial charge on any atom is -0.352 e. The molecule has 3 fully saturated rings. The quantitative estimate of drug-likeness (QED) is 0.440. The molecule has 32 heavy (non-hydrogen) atoms. The van der Waals surface area contributed by atoms with Crippen LogP contribution in [0.2, 0.25) is 0 Å². The van der Waals surface area contributed by atoms with Crippen LogP contribution in [0.1, 0.15) is 43.7 Å². The van der Waals surface area contributed by atoms with Gasteiger partial charge in [0.05, 0.1) is 0 Å². The number of carbonyl (C=O) groups excluding carboxylic acids is 5. The number of urea groups is 1. The van der Waals surface area contributed by atoms with Crippen molar-refractivity contribution in [3.8, 4) is 0 Å². The van der Waals surface area contributed by atoms with Crippen LogP contribution in [0, 0.1) is 0 Å². The van der Waals surface area contributed by atoms with Crippen molar-refractivity contribution < 1.29 is 24.0 Å². The second-order valence-corrected chi connectivity index (χ2v) is 8.35. The zero-order chi connectivity index (χ0) is 22.7. The maximum Gasteiger partial charge on any atom is 0.325 e. The third-order valence-electron chi connectivity index (χ3n) is 6.29. The van der Waals surface area contributed by atoms with E-state index in [1.54, 1.807) is 35.2 Å². The standard InChI is InChI=1S/C22H27N5O5/c28-18-16(13-23-18)24-19(29)17(14-7-3-1-4-8-14)25-22(32)27-12-11-26(20(30)21(27)31)15-9-5-2-6-10-15/h1,3-4,7-8,15-17H,2,5-6,9-13H2,(H,23,28)(H,24,29)(H,25,32). The van der Waals surface area contributed by atoms with Gasteiger partial charge in [0.1, 0.15) is 12.1 Å². The summed E-state index contributed by atoms with van der Waals surface area (Å²) in [5.41, 5.74) is 0.498. The van der Waals surface area contributed by atoms with Crippen molar-refractivity contribution in [3.05, 3.63) is 35.9 Å². The molecular formula is C22H27N5O5. The summed E-state index contributed by atoms with van der Waals surface area (Å²) in [6.45, 7) is 0.671. The Bertz CT molecular complexity index is 915. The summed E-state index contributed by atoms with van der Waals surface area (Å²) in [4.78, 5) is 65.1. The van der Waals surface area contributed by atoms with Gasteiger partial charge in [0.2, 0.25) is 11.8 Å². The van der Waals surface area contributed by atoms with Gasteiger partial charge in [-0.05, 0) is 18.4 Å². The van der Waals surface area contributed by atoms with Crippen LogP contribution in [-0.2, 0) is 19.2 Å². The minimum atomic E-state index is -1.11. The van der Waals surface area contributed by atoms with Crippen molar-refractivity contribution in [2.45, 2.75) is 50.2 Å². The van der Waals surface area contributed by atoms with E-state index in [0.717, 1.165) is 37.0 Å². The third kappa shape index (κ3) is 4.44. The summed E-state index contributed by atoms with van der Waals surface area (Å²) in [7, 11) is 0. The van der Waals surface area contributed by atoms with Crippen LogP contribution in [0.15, 0.2) is 30.3 Å². The minimum absolute atomic E-state index is 0.0434. The van der Waals surface area contributed by atoms with Crippen LogP contribution < -0.4 is 16.0 Å². The van der Waals surface area contributed by atoms with Crippen molar-refractivity contribution >= 4 is 29.7 Å². The van der Waals surface area contributed by atoms with Crippen molar-refractivity contribution in [1.29, 1.82) is 0 Å². The summed E-state index contributed by atoms with van der Waals surface area (Å²) in [6.07, 6.45) is 4.93. The Kier molecular flexibility index (Phi) is 6.38. The molecule has 0 spiro atoms. The monoisotopic (exact) mass is 441 g/mol. The predicted octanol–water partition coefficient (Wildman–Crippen LogP) is 0.0554. The van der Waals surface area contributed by atoms with Gasteiger partial charge in [-0.3, -0.25) is 24.1 Å². The van der Waals surface area contributed by atoms with Gasteiger partial charge in [0.15, 0.2) is 0 Å². The van der Waals surface area contributed by atoms with Gasteiger partial charge in [0.25, 0.3) is 0 Å². The fraction of sp³-hybridized carbons (Fsp3) is 0.500. The highest BCUT2D eigenvalue weighted by Gasteiger charge is 2.40. The Balaban J connectivity index is 1.44. The average molecular weight is 441 g/mol. The molecule has 3 N–H and O–H groups in total. The Morgan fingerprint density at radius 1 is 0.969 bits per heavy atom. The highest BCUT2D eigenvalue weighted by Crippen LogP contribution is 2.24. The van der Waals surface area contributed by atoms with Gasteiger partial charge in [-0.2, -0.15) is 0 Å². The van der Waals surface area contributed by atoms with Crippen molar-refractivity contribution in [2.24, 2.45) is 0 Å². The van der Waals surface area contributed by atoms with E-state index in [1.165, 1.54) is 0 Å². The SMILES string of the molecule is O=C1NCC1NC(=O)C(NC(=O)N1CCN(C2CCCCC2)C(=O)C1=O)c1ccccc1. The van der Waals surface area contributed by atoms with Crippen molar-refractivity contribution in [3.63, 3.8) is 0 Å². The van der Waals surface area contributed by atoms with E-state index in [1.807, 2.05) is 0 Å². The van der Waals surface area contributed by atoms with Crippen molar-refractivity contribution in [1.82, 2.24) is 25.8 Å². The van der Waals surface area contributed by atoms with Crippen LogP contribution in [0.5, 0.6) is 0 Å². The highest BCUT2D eigenvalue weighted by molar-refractivity contribution is 6.38. The number of nitrogens with zero attached hydrogens (tertiary/aromatic N) is 2. The maximum absolute atomic E-state index is 12.9. The smallest absolute Gasteiger partial charge is 0.325 e. The first kappa shape index (κ1) is 21.8. The first-order valence-electron chi connectivity index (χ1n) is 11.0. The lowest BCUT2D eigenvalue weighted by atomic mass is 9.93. The van der Waals surface area contributed by atoms with E-state index in [4.69, 9.17) is 0 Å². The molecule has 2 aliphatic heterocycles. The molecule has 2 heterocycles. The van der Waals surface area contributed by atoms with Gasteiger partial charge in [-0.25, -0.2) is 4.79 Å². The van der Waals surface area contributed by atoms with Crippen LogP contribution in [0.3, 0.4) is 0 Å². The molecule has 0 bridgehead atoms. The molecule has 1 aromatic carbocycles. The van der Waals surface area contributed by atoms with Gasteiger partial charge in [-0.1, -0.05) is 49.6 Å². The lowest BCUT2D eigenvalue weighted by Crippen LogP contribution is -2.64. The van der Waals surface area contributed by atoms with Crippen LogP contribution >= 0.6 is 0 Å². The van der Waals surface area contributed by atoms with E-state index in [-0.39, 0.29) is 25.0 Å². The van der Waals surface area contributed by atoms with E-state index in [2.05, 4.69) is 16.0 Å². The molecule has 4 rings (SSSR count).